The van der Waals surface area contributed by atoms with E-state index in [1.807, 2.05) is 0 Å². The maximum Gasteiger partial charge on any atom is 0.0467 e. The van der Waals surface area contributed by atoms with E-state index in [2.05, 4.69) is 162 Å². The molecule has 1 heterocycles. The molecule has 0 saturated heterocycles. The molecule has 0 saturated carbocycles. The number of allylic oxidation sites excluding steroid dienone is 7. The third-order valence-electron chi connectivity index (χ3n) is 7.25. The van der Waals surface area contributed by atoms with E-state index in [1.165, 1.54) is 61.9 Å². The molecule has 0 aliphatic carbocycles. The van der Waals surface area contributed by atoms with Crippen LogP contribution >= 0.6 is 7.55 Å². The number of nitrogens with zero attached hydrogens (tertiary/aromatic N) is 2. The second-order valence-electron chi connectivity index (χ2n) is 10.7. The van der Waals surface area contributed by atoms with E-state index in [0.29, 0.717) is 0 Å². The number of hydrogen-bond acceptors (Lipinski definition) is 2. The van der Waals surface area contributed by atoms with Crippen molar-refractivity contribution in [2.45, 2.75) is 48.0 Å². The van der Waals surface area contributed by atoms with Gasteiger partial charge < -0.3 is 9.80 Å². The van der Waals surface area contributed by atoms with Gasteiger partial charge in [-0.15, -0.1) is 0 Å². The minimum atomic E-state index is -0.770. The fraction of sp³-hybridized carbons (Fsp3) is 0.250. The predicted octanol–water partition coefficient (Wildman–Crippen LogP) is 10.0. The number of benzene rings is 3. The highest BCUT2D eigenvalue weighted by Gasteiger charge is 2.17. The Balaban J connectivity index is 1.83. The van der Waals surface area contributed by atoms with Gasteiger partial charge in [-0.2, -0.15) is 0 Å². The highest BCUT2D eigenvalue weighted by atomic mass is 31.1. The van der Waals surface area contributed by atoms with E-state index in [0.717, 1.165) is 6.42 Å². The van der Waals surface area contributed by atoms with Gasteiger partial charge in [0.2, 0.25) is 0 Å². The average Bonchev–Trinajstić information content (AvgIpc) is 2.91. The summed E-state index contributed by atoms with van der Waals surface area (Å²) in [6.45, 7) is 15.4. The molecule has 1 aliphatic rings. The van der Waals surface area contributed by atoms with Gasteiger partial charge in [-0.1, -0.05) is 62.3 Å². The average molecular weight is 535 g/mol. The Morgan fingerprint density at radius 2 is 1.49 bits per heavy atom. The number of aryl methyl sites for hydroxylation is 3. The Bertz CT molecular complexity index is 1520. The summed E-state index contributed by atoms with van der Waals surface area (Å²) in [5, 5.41) is 0. The molecule has 3 aromatic carbocycles. The first-order valence-corrected chi connectivity index (χ1v) is 16.1. The summed E-state index contributed by atoms with van der Waals surface area (Å²) in [5.41, 5.74) is 13.8. The van der Waals surface area contributed by atoms with Crippen molar-refractivity contribution in [3.8, 4) is 0 Å². The fourth-order valence-corrected chi connectivity index (χ4v) is 6.65. The quantitative estimate of drug-likeness (QED) is 0.210. The zero-order chi connectivity index (χ0) is 28.1. The van der Waals surface area contributed by atoms with Crippen molar-refractivity contribution in [3.05, 3.63) is 130 Å². The molecule has 0 fully saturated rings. The summed E-state index contributed by atoms with van der Waals surface area (Å²) in [7, 11) is 1.41. The Hall–Kier alpha value is -3.48. The van der Waals surface area contributed by atoms with Crippen LogP contribution in [0.5, 0.6) is 0 Å². The summed E-state index contributed by atoms with van der Waals surface area (Å²) < 4.78 is 0. The first-order valence-electron chi connectivity index (χ1n) is 13.9. The summed E-state index contributed by atoms with van der Waals surface area (Å²) in [5.74, 6) is 4.93. The Morgan fingerprint density at radius 3 is 2.13 bits per heavy atom. The van der Waals surface area contributed by atoms with Crippen LogP contribution in [0, 0.1) is 20.8 Å². The van der Waals surface area contributed by atoms with Gasteiger partial charge in [0.05, 0.1) is 0 Å². The predicted molar refractivity (Wildman–Crippen MR) is 178 cm³/mol. The van der Waals surface area contributed by atoms with E-state index in [9.17, 15) is 0 Å². The SMILES string of the molecule is C/C=C(C)\C=C(/CC)N(c1cccc(C)c1)c1cc(C)cc(C2=C[PH](C)=CC(N(C)c3cccc(C)c3)=C2)c1. The van der Waals surface area contributed by atoms with Crippen LogP contribution < -0.4 is 9.80 Å². The molecule has 3 aromatic rings. The lowest BCUT2D eigenvalue weighted by atomic mass is 10.0. The topological polar surface area (TPSA) is 6.48 Å². The second-order valence-corrected chi connectivity index (χ2v) is 12.8. The largest absolute Gasteiger partial charge is 0.345 e. The number of rotatable bonds is 8. The molecular weight excluding hydrogens is 491 g/mol. The summed E-state index contributed by atoms with van der Waals surface area (Å²) >= 11 is 0. The monoisotopic (exact) mass is 534 g/mol. The molecule has 0 N–H and O–H groups in total. The molecule has 0 bridgehead atoms. The van der Waals surface area contributed by atoms with Gasteiger partial charge in [-0.25, -0.2) is 0 Å². The van der Waals surface area contributed by atoms with E-state index >= 15 is 0 Å². The minimum Gasteiger partial charge on any atom is -0.345 e. The van der Waals surface area contributed by atoms with Crippen LogP contribution in [0.15, 0.2) is 108 Å². The standard InChI is InChI=1S/C36H43N2P/c1-9-26(3)18-32(10-2)38(34-16-12-14-28(5)20-34)35-21-29(6)17-30(22-35)31-23-36(25-39(8)24-31)37(7)33-15-11-13-27(4)19-33/h9,11-25,39H,10H2,1-8H3/b26-9-,32-18+. The molecule has 1 aliphatic heterocycles. The molecule has 39 heavy (non-hydrogen) atoms. The van der Waals surface area contributed by atoms with E-state index in [4.69, 9.17) is 0 Å². The van der Waals surface area contributed by atoms with Crippen molar-refractivity contribution in [3.63, 3.8) is 0 Å². The van der Waals surface area contributed by atoms with Gasteiger partial charge in [0, 0.05) is 35.5 Å². The fourth-order valence-electron chi connectivity index (χ4n) is 5.09. The third kappa shape index (κ3) is 6.94. The molecule has 0 radical (unpaired) electrons. The van der Waals surface area contributed by atoms with Crippen molar-refractivity contribution >= 4 is 36.0 Å². The highest BCUT2D eigenvalue weighted by Crippen LogP contribution is 2.39. The molecule has 4 rings (SSSR count). The Kier molecular flexibility index (Phi) is 9.20. The minimum absolute atomic E-state index is 0.770. The summed E-state index contributed by atoms with van der Waals surface area (Å²) in [4.78, 5) is 4.76. The third-order valence-corrected chi connectivity index (χ3v) is 8.77. The molecule has 1 unspecified atom stereocenters. The van der Waals surface area contributed by atoms with E-state index in [-0.39, 0.29) is 0 Å². The Labute approximate surface area is 237 Å². The highest BCUT2D eigenvalue weighted by molar-refractivity contribution is 7.60. The van der Waals surface area contributed by atoms with E-state index in [1.54, 1.807) is 0 Å². The number of hydrogen-bond donors (Lipinski definition) is 0. The van der Waals surface area contributed by atoms with Crippen LogP contribution in [-0.2, 0) is 0 Å². The van der Waals surface area contributed by atoms with Gasteiger partial charge in [0.15, 0.2) is 0 Å². The molecule has 0 amide bonds. The Morgan fingerprint density at radius 1 is 0.846 bits per heavy atom. The maximum absolute atomic E-state index is 2.48. The number of anilines is 3. The summed E-state index contributed by atoms with van der Waals surface area (Å²) in [6, 6.07) is 24.6. The maximum atomic E-state index is 2.48. The van der Waals surface area contributed by atoms with Gasteiger partial charge in [0.1, 0.15) is 0 Å². The van der Waals surface area contributed by atoms with Crippen molar-refractivity contribution < 1.29 is 0 Å². The van der Waals surface area contributed by atoms with Gasteiger partial charge >= 0.3 is 0 Å². The van der Waals surface area contributed by atoms with Crippen LogP contribution in [0.1, 0.15) is 49.4 Å². The molecule has 0 spiro atoms. The second kappa shape index (κ2) is 12.6. The lowest BCUT2D eigenvalue weighted by Crippen LogP contribution is -2.18. The van der Waals surface area contributed by atoms with Crippen molar-refractivity contribution in [2.24, 2.45) is 0 Å². The van der Waals surface area contributed by atoms with Crippen LogP contribution in [0.3, 0.4) is 0 Å². The lowest BCUT2D eigenvalue weighted by Gasteiger charge is -2.29. The zero-order valence-corrected chi connectivity index (χ0v) is 25.8. The van der Waals surface area contributed by atoms with Crippen LogP contribution in [0.2, 0.25) is 0 Å². The van der Waals surface area contributed by atoms with Crippen molar-refractivity contribution in [2.75, 3.05) is 23.5 Å². The molecular formula is C36H43N2P. The van der Waals surface area contributed by atoms with Crippen LogP contribution in [0.4, 0.5) is 17.1 Å². The molecule has 2 nitrogen and oxygen atoms in total. The van der Waals surface area contributed by atoms with Crippen molar-refractivity contribution in [1.29, 1.82) is 0 Å². The zero-order valence-electron chi connectivity index (χ0n) is 24.8. The molecule has 1 atom stereocenters. The molecule has 0 aromatic heterocycles. The van der Waals surface area contributed by atoms with Gasteiger partial charge in [0.25, 0.3) is 0 Å². The van der Waals surface area contributed by atoms with E-state index < -0.39 is 7.55 Å². The van der Waals surface area contributed by atoms with Crippen LogP contribution in [-0.4, -0.2) is 19.5 Å². The summed E-state index contributed by atoms with van der Waals surface area (Å²) in [6.07, 6.45) is 7.79. The molecule has 3 heteroatoms. The van der Waals surface area contributed by atoms with Gasteiger partial charge in [-0.3, -0.25) is 0 Å². The smallest absolute Gasteiger partial charge is 0.0467 e. The molecule has 202 valence electrons. The van der Waals surface area contributed by atoms with Crippen molar-refractivity contribution in [1.82, 2.24) is 0 Å². The lowest BCUT2D eigenvalue weighted by molar-refractivity contribution is 1.01. The van der Waals surface area contributed by atoms with Crippen LogP contribution in [0.25, 0.3) is 5.57 Å². The first-order chi connectivity index (χ1) is 18.7. The first kappa shape index (κ1) is 28.5. The normalized spacial score (nSPS) is 15.8. The van der Waals surface area contributed by atoms with Gasteiger partial charge in [-0.05, 0) is 130 Å².